The molecule has 0 heterocycles. The first-order valence-electron chi connectivity index (χ1n) is 4.19. The molecule has 0 bridgehead atoms. The van der Waals surface area contributed by atoms with Crippen LogP contribution in [0.4, 0.5) is 5.69 Å². The number of aliphatic hydroxyl groups is 1. The number of nitro benzene ring substituents is 1. The SMILES string of the molecule is Cc1ccc([N+](=O)[O-])cc1C(O)CN. The normalized spacial score (nSPS) is 12.5. The number of hydrogen-bond acceptors (Lipinski definition) is 4. The van der Waals surface area contributed by atoms with Gasteiger partial charge in [0.1, 0.15) is 0 Å². The van der Waals surface area contributed by atoms with Crippen molar-refractivity contribution in [1.82, 2.24) is 0 Å². The number of non-ortho nitro benzene ring substituents is 1. The lowest BCUT2D eigenvalue weighted by atomic mass is 10.0. The summed E-state index contributed by atoms with van der Waals surface area (Å²) in [5.41, 5.74) is 6.56. The van der Waals surface area contributed by atoms with Gasteiger partial charge in [-0.2, -0.15) is 0 Å². The summed E-state index contributed by atoms with van der Waals surface area (Å²) in [4.78, 5) is 9.97. The van der Waals surface area contributed by atoms with Gasteiger partial charge in [-0.05, 0) is 18.1 Å². The van der Waals surface area contributed by atoms with Crippen molar-refractivity contribution in [3.8, 4) is 0 Å². The van der Waals surface area contributed by atoms with Crippen LogP contribution in [0.3, 0.4) is 0 Å². The molecule has 14 heavy (non-hydrogen) atoms. The largest absolute Gasteiger partial charge is 0.387 e. The van der Waals surface area contributed by atoms with Crippen LogP contribution in [0.25, 0.3) is 0 Å². The van der Waals surface area contributed by atoms with Gasteiger partial charge in [-0.25, -0.2) is 0 Å². The van der Waals surface area contributed by atoms with Crippen molar-refractivity contribution in [1.29, 1.82) is 0 Å². The van der Waals surface area contributed by atoms with E-state index in [1.165, 1.54) is 12.1 Å². The Balaban J connectivity index is 3.14. The third-order valence-corrected chi connectivity index (χ3v) is 2.06. The Bertz CT molecular complexity index is 352. The van der Waals surface area contributed by atoms with Crippen molar-refractivity contribution in [2.75, 3.05) is 6.54 Å². The maximum Gasteiger partial charge on any atom is 0.269 e. The van der Waals surface area contributed by atoms with E-state index in [1.807, 2.05) is 0 Å². The minimum absolute atomic E-state index is 0.0295. The number of rotatable bonds is 3. The highest BCUT2D eigenvalue weighted by molar-refractivity contribution is 5.40. The zero-order valence-corrected chi connectivity index (χ0v) is 7.80. The first-order valence-corrected chi connectivity index (χ1v) is 4.19. The minimum Gasteiger partial charge on any atom is -0.387 e. The Morgan fingerprint density at radius 2 is 2.29 bits per heavy atom. The number of nitro groups is 1. The molecule has 1 atom stereocenters. The summed E-state index contributed by atoms with van der Waals surface area (Å²) < 4.78 is 0. The Labute approximate surface area is 81.3 Å². The molecule has 1 rings (SSSR count). The molecule has 0 amide bonds. The van der Waals surface area contributed by atoms with E-state index in [1.54, 1.807) is 13.0 Å². The molecular weight excluding hydrogens is 184 g/mol. The molecule has 0 saturated carbocycles. The summed E-state index contributed by atoms with van der Waals surface area (Å²) in [6.07, 6.45) is -0.838. The van der Waals surface area contributed by atoms with Gasteiger partial charge < -0.3 is 10.8 Å². The predicted octanol–water partition coefficient (Wildman–Crippen LogP) is 0.895. The molecular formula is C9H12N2O3. The number of nitrogens with zero attached hydrogens (tertiary/aromatic N) is 1. The lowest BCUT2D eigenvalue weighted by Crippen LogP contribution is -2.12. The molecule has 1 unspecified atom stereocenters. The fraction of sp³-hybridized carbons (Fsp3) is 0.333. The third-order valence-electron chi connectivity index (χ3n) is 2.06. The average Bonchev–Trinajstić information content (AvgIpc) is 2.17. The van der Waals surface area contributed by atoms with Gasteiger partial charge in [-0.3, -0.25) is 10.1 Å². The van der Waals surface area contributed by atoms with E-state index in [-0.39, 0.29) is 12.2 Å². The highest BCUT2D eigenvalue weighted by atomic mass is 16.6. The lowest BCUT2D eigenvalue weighted by Gasteiger charge is -2.10. The summed E-state index contributed by atoms with van der Waals surface area (Å²) in [5, 5.41) is 19.9. The number of aryl methyl sites for hydroxylation is 1. The van der Waals surface area contributed by atoms with Crippen LogP contribution in [0.5, 0.6) is 0 Å². The van der Waals surface area contributed by atoms with Gasteiger partial charge in [0.2, 0.25) is 0 Å². The van der Waals surface area contributed by atoms with Gasteiger partial charge in [0, 0.05) is 18.7 Å². The van der Waals surface area contributed by atoms with Gasteiger partial charge in [0.25, 0.3) is 5.69 Å². The molecule has 0 fully saturated rings. The van der Waals surface area contributed by atoms with E-state index >= 15 is 0 Å². The number of hydrogen-bond donors (Lipinski definition) is 2. The van der Waals surface area contributed by atoms with Gasteiger partial charge in [0.15, 0.2) is 0 Å². The molecule has 5 nitrogen and oxygen atoms in total. The van der Waals surface area contributed by atoms with Crippen molar-refractivity contribution in [3.05, 3.63) is 39.4 Å². The summed E-state index contributed by atoms with van der Waals surface area (Å²) in [6.45, 7) is 1.83. The maximum absolute atomic E-state index is 10.5. The Hall–Kier alpha value is -1.46. The van der Waals surface area contributed by atoms with Crippen molar-refractivity contribution >= 4 is 5.69 Å². The summed E-state index contributed by atoms with van der Waals surface area (Å²) >= 11 is 0. The van der Waals surface area contributed by atoms with Crippen molar-refractivity contribution < 1.29 is 10.0 Å². The van der Waals surface area contributed by atoms with Crippen LogP contribution in [0, 0.1) is 17.0 Å². The van der Waals surface area contributed by atoms with Crippen LogP contribution in [-0.2, 0) is 0 Å². The fourth-order valence-electron chi connectivity index (χ4n) is 1.23. The monoisotopic (exact) mass is 196 g/mol. The predicted molar refractivity (Wildman–Crippen MR) is 51.8 cm³/mol. The quantitative estimate of drug-likeness (QED) is 0.555. The van der Waals surface area contributed by atoms with E-state index in [9.17, 15) is 15.2 Å². The Morgan fingerprint density at radius 1 is 1.64 bits per heavy atom. The molecule has 0 radical (unpaired) electrons. The van der Waals surface area contributed by atoms with Crippen molar-refractivity contribution in [2.45, 2.75) is 13.0 Å². The smallest absolute Gasteiger partial charge is 0.269 e. The lowest BCUT2D eigenvalue weighted by molar-refractivity contribution is -0.385. The van der Waals surface area contributed by atoms with Gasteiger partial charge in [-0.15, -0.1) is 0 Å². The molecule has 0 spiro atoms. The van der Waals surface area contributed by atoms with Crippen LogP contribution in [-0.4, -0.2) is 16.6 Å². The molecule has 3 N–H and O–H groups in total. The molecule has 0 aromatic heterocycles. The Kier molecular flexibility index (Phi) is 3.16. The molecule has 0 aliphatic heterocycles. The average molecular weight is 196 g/mol. The zero-order chi connectivity index (χ0) is 10.7. The van der Waals surface area contributed by atoms with Crippen molar-refractivity contribution in [3.63, 3.8) is 0 Å². The zero-order valence-electron chi connectivity index (χ0n) is 7.80. The van der Waals surface area contributed by atoms with Crippen LogP contribution >= 0.6 is 0 Å². The molecule has 76 valence electrons. The van der Waals surface area contributed by atoms with Crippen LogP contribution in [0.15, 0.2) is 18.2 Å². The third kappa shape index (κ3) is 2.07. The topological polar surface area (TPSA) is 89.4 Å². The van der Waals surface area contributed by atoms with Gasteiger partial charge in [0.05, 0.1) is 11.0 Å². The van der Waals surface area contributed by atoms with Gasteiger partial charge in [-0.1, -0.05) is 6.07 Å². The number of nitrogens with two attached hydrogens (primary N) is 1. The molecule has 0 saturated heterocycles. The van der Waals surface area contributed by atoms with E-state index in [0.717, 1.165) is 5.56 Å². The highest BCUT2D eigenvalue weighted by Crippen LogP contribution is 2.22. The second-order valence-electron chi connectivity index (χ2n) is 3.05. The summed E-state index contributed by atoms with van der Waals surface area (Å²) in [6, 6.07) is 4.36. The second-order valence-corrected chi connectivity index (χ2v) is 3.05. The Morgan fingerprint density at radius 3 is 2.79 bits per heavy atom. The summed E-state index contributed by atoms with van der Waals surface area (Å²) in [5.74, 6) is 0. The van der Waals surface area contributed by atoms with E-state index < -0.39 is 11.0 Å². The van der Waals surface area contributed by atoms with E-state index in [0.29, 0.717) is 5.56 Å². The van der Waals surface area contributed by atoms with Gasteiger partial charge >= 0.3 is 0 Å². The molecule has 5 heteroatoms. The molecule has 0 aliphatic rings. The second kappa shape index (κ2) is 4.17. The molecule has 1 aromatic carbocycles. The van der Waals surface area contributed by atoms with E-state index in [4.69, 9.17) is 5.73 Å². The molecule has 0 aliphatic carbocycles. The number of aliphatic hydroxyl groups excluding tert-OH is 1. The number of benzene rings is 1. The van der Waals surface area contributed by atoms with Crippen LogP contribution in [0.1, 0.15) is 17.2 Å². The first-order chi connectivity index (χ1) is 6.56. The van der Waals surface area contributed by atoms with Crippen LogP contribution in [0.2, 0.25) is 0 Å². The van der Waals surface area contributed by atoms with Crippen molar-refractivity contribution in [2.24, 2.45) is 5.73 Å². The summed E-state index contributed by atoms with van der Waals surface area (Å²) in [7, 11) is 0. The standard InChI is InChI=1S/C9H12N2O3/c1-6-2-3-7(11(13)14)4-8(6)9(12)5-10/h2-4,9,12H,5,10H2,1H3. The molecule has 1 aromatic rings. The van der Waals surface area contributed by atoms with Crippen LogP contribution < -0.4 is 5.73 Å². The minimum atomic E-state index is -0.838. The first kappa shape index (κ1) is 10.6. The highest BCUT2D eigenvalue weighted by Gasteiger charge is 2.13. The maximum atomic E-state index is 10.5. The fourth-order valence-corrected chi connectivity index (χ4v) is 1.23. The van der Waals surface area contributed by atoms with E-state index in [2.05, 4.69) is 0 Å².